The summed E-state index contributed by atoms with van der Waals surface area (Å²) in [7, 11) is 2.03. The number of hydrogen-bond donors (Lipinski definition) is 3. The normalized spacial score (nSPS) is 22.2. The minimum atomic E-state index is -0.618. The Morgan fingerprint density at radius 1 is 0.833 bits per heavy atom. The minimum Gasteiger partial charge on any atom is -0.392 e. The number of benzene rings is 4. The van der Waals surface area contributed by atoms with E-state index in [0.29, 0.717) is 13.1 Å². The molecule has 220 valence electrons. The summed E-state index contributed by atoms with van der Waals surface area (Å²) in [6.45, 7) is 5.31. The third kappa shape index (κ3) is 6.65. The monoisotopic (exact) mass is 566 g/mol. The van der Waals surface area contributed by atoms with Crippen LogP contribution in [0, 0.1) is 5.92 Å². The Labute approximate surface area is 249 Å². The molecular formula is C36H42N2O4. The molecule has 1 aliphatic heterocycles. The molecule has 4 aromatic rings. The molecule has 42 heavy (non-hydrogen) atoms. The van der Waals surface area contributed by atoms with Crippen molar-refractivity contribution >= 4 is 0 Å². The van der Waals surface area contributed by atoms with Gasteiger partial charge in [0.25, 0.3) is 0 Å². The Hall–Kier alpha value is -3.36. The lowest BCUT2D eigenvalue weighted by Gasteiger charge is -2.43. The molecule has 0 aliphatic carbocycles. The van der Waals surface area contributed by atoms with Gasteiger partial charge in [-0.05, 0) is 47.4 Å². The van der Waals surface area contributed by atoms with E-state index in [0.717, 1.165) is 38.9 Å². The molecule has 0 bridgehead atoms. The van der Waals surface area contributed by atoms with E-state index in [9.17, 15) is 10.2 Å². The van der Waals surface area contributed by atoms with Crippen LogP contribution in [0.2, 0.25) is 0 Å². The summed E-state index contributed by atoms with van der Waals surface area (Å²) in [5.41, 5.74) is 13.1. The SMILES string of the molecule is C[C@H]1[C@@H](CN(C)[C@H](C)[C@@H](O)c2ccccc2)O[C@@H](c2ccc(-c3ccccc3CN)cc2)O[C@H]1c1ccc(CO)cc1. The van der Waals surface area contributed by atoms with Crippen LogP contribution < -0.4 is 5.73 Å². The third-order valence-electron chi connectivity index (χ3n) is 8.62. The first-order valence-electron chi connectivity index (χ1n) is 14.7. The van der Waals surface area contributed by atoms with Crippen molar-refractivity contribution in [3.63, 3.8) is 0 Å². The van der Waals surface area contributed by atoms with E-state index in [4.69, 9.17) is 15.2 Å². The molecule has 0 amide bonds. The number of aliphatic hydroxyl groups excluding tert-OH is 2. The van der Waals surface area contributed by atoms with Crippen LogP contribution in [0.25, 0.3) is 11.1 Å². The minimum absolute atomic E-state index is 0.00176. The highest BCUT2D eigenvalue weighted by Crippen LogP contribution is 2.42. The zero-order chi connectivity index (χ0) is 29.6. The Balaban J connectivity index is 1.40. The number of likely N-dealkylation sites (N-methyl/N-ethyl adjacent to an activating group) is 1. The number of aliphatic hydroxyl groups is 2. The number of nitrogens with two attached hydrogens (primary N) is 1. The average molecular weight is 567 g/mol. The van der Waals surface area contributed by atoms with Gasteiger partial charge in [0, 0.05) is 30.6 Å². The molecule has 0 saturated carbocycles. The van der Waals surface area contributed by atoms with Crippen molar-refractivity contribution in [2.75, 3.05) is 13.6 Å². The van der Waals surface area contributed by atoms with Gasteiger partial charge in [-0.1, -0.05) is 110 Å². The lowest BCUT2D eigenvalue weighted by molar-refractivity contribution is -0.276. The van der Waals surface area contributed by atoms with Crippen LogP contribution in [-0.2, 0) is 22.6 Å². The molecule has 6 heteroatoms. The van der Waals surface area contributed by atoms with E-state index in [1.807, 2.05) is 80.7 Å². The molecule has 0 aromatic heterocycles. The summed E-state index contributed by atoms with van der Waals surface area (Å²) in [5.74, 6) is 0.0421. The Kier molecular flexibility index (Phi) is 9.85. The number of hydrogen-bond acceptors (Lipinski definition) is 6. The van der Waals surface area contributed by atoms with Crippen molar-refractivity contribution in [1.82, 2.24) is 4.90 Å². The first-order valence-corrected chi connectivity index (χ1v) is 14.7. The second-order valence-electron chi connectivity index (χ2n) is 11.3. The van der Waals surface area contributed by atoms with Crippen LogP contribution >= 0.6 is 0 Å². The Morgan fingerprint density at radius 2 is 1.48 bits per heavy atom. The molecule has 5 rings (SSSR count). The van der Waals surface area contributed by atoms with Crippen molar-refractivity contribution in [1.29, 1.82) is 0 Å². The van der Waals surface area contributed by atoms with Crippen LogP contribution in [0.15, 0.2) is 103 Å². The number of rotatable bonds is 10. The van der Waals surface area contributed by atoms with Gasteiger partial charge in [-0.3, -0.25) is 4.90 Å². The molecule has 6 atom stereocenters. The third-order valence-corrected chi connectivity index (χ3v) is 8.62. The fraction of sp³-hybridized carbons (Fsp3) is 0.333. The van der Waals surface area contributed by atoms with Crippen molar-refractivity contribution < 1.29 is 19.7 Å². The maximum absolute atomic E-state index is 11.1. The highest BCUT2D eigenvalue weighted by atomic mass is 16.7. The van der Waals surface area contributed by atoms with E-state index in [2.05, 4.69) is 48.2 Å². The van der Waals surface area contributed by atoms with Gasteiger partial charge in [-0.2, -0.15) is 0 Å². The topological polar surface area (TPSA) is 88.2 Å². The van der Waals surface area contributed by atoms with E-state index in [1.54, 1.807) is 0 Å². The van der Waals surface area contributed by atoms with Crippen LogP contribution in [0.1, 0.15) is 60.2 Å². The fourth-order valence-electron chi connectivity index (χ4n) is 5.75. The molecular weight excluding hydrogens is 524 g/mol. The molecule has 0 radical (unpaired) electrons. The van der Waals surface area contributed by atoms with Crippen molar-refractivity contribution in [3.05, 3.63) is 131 Å². The maximum Gasteiger partial charge on any atom is 0.184 e. The second kappa shape index (κ2) is 13.7. The quantitative estimate of drug-likeness (QED) is 0.213. The Morgan fingerprint density at radius 3 is 2.14 bits per heavy atom. The standard InChI is InChI=1S/C36H42N2O4/c1-24-33(22-38(3)25(2)34(40)28-9-5-4-6-10-28)41-36(42-35(24)29-15-13-26(23-39)14-16-29)30-19-17-27(18-20-30)32-12-8-7-11-31(32)21-37/h4-20,24-25,33-36,39-40H,21-23,37H2,1-3H3/t24-,25+,33+,34+,35+,36+/m0/s1. The molecule has 0 unspecified atom stereocenters. The van der Waals surface area contributed by atoms with Gasteiger partial charge in [0.1, 0.15) is 0 Å². The number of nitrogens with zero attached hydrogens (tertiary/aromatic N) is 1. The lowest BCUT2D eigenvalue weighted by Crippen LogP contribution is -2.46. The van der Waals surface area contributed by atoms with Gasteiger partial charge in [0.05, 0.1) is 24.9 Å². The molecule has 1 aliphatic rings. The van der Waals surface area contributed by atoms with Crippen molar-refractivity contribution in [3.8, 4) is 11.1 Å². The van der Waals surface area contributed by atoms with Gasteiger partial charge in [0.15, 0.2) is 6.29 Å². The van der Waals surface area contributed by atoms with Gasteiger partial charge in [-0.25, -0.2) is 0 Å². The molecule has 4 N–H and O–H groups in total. The van der Waals surface area contributed by atoms with Gasteiger partial charge < -0.3 is 25.4 Å². The lowest BCUT2D eigenvalue weighted by atomic mass is 9.89. The number of ether oxygens (including phenoxy) is 2. The molecule has 1 fully saturated rings. The predicted octanol–water partition coefficient (Wildman–Crippen LogP) is 6.15. The first kappa shape index (κ1) is 30.1. The summed E-state index contributed by atoms with van der Waals surface area (Å²) < 4.78 is 13.3. The van der Waals surface area contributed by atoms with E-state index in [1.165, 1.54) is 0 Å². The van der Waals surface area contributed by atoms with Gasteiger partial charge in [-0.15, -0.1) is 0 Å². The molecule has 4 aromatic carbocycles. The summed E-state index contributed by atoms with van der Waals surface area (Å²) in [4.78, 5) is 2.17. The second-order valence-corrected chi connectivity index (χ2v) is 11.3. The summed E-state index contributed by atoms with van der Waals surface area (Å²) in [5, 5.41) is 20.6. The summed E-state index contributed by atoms with van der Waals surface area (Å²) in [6.07, 6.45) is -1.54. The molecule has 1 saturated heterocycles. The van der Waals surface area contributed by atoms with Gasteiger partial charge >= 0.3 is 0 Å². The smallest absolute Gasteiger partial charge is 0.184 e. The average Bonchev–Trinajstić information content (AvgIpc) is 3.05. The van der Waals surface area contributed by atoms with Crippen LogP contribution in [0.3, 0.4) is 0 Å². The van der Waals surface area contributed by atoms with Crippen LogP contribution in [-0.4, -0.2) is 40.9 Å². The molecule has 0 spiro atoms. The van der Waals surface area contributed by atoms with Gasteiger partial charge in [0.2, 0.25) is 0 Å². The van der Waals surface area contributed by atoms with Crippen LogP contribution in [0.5, 0.6) is 0 Å². The Bertz CT molecular complexity index is 1410. The largest absolute Gasteiger partial charge is 0.392 e. The van der Waals surface area contributed by atoms with Crippen molar-refractivity contribution in [2.45, 2.75) is 57.6 Å². The zero-order valence-electron chi connectivity index (χ0n) is 24.6. The highest BCUT2D eigenvalue weighted by Gasteiger charge is 2.39. The summed E-state index contributed by atoms with van der Waals surface area (Å²) in [6, 6.07) is 34.1. The first-order chi connectivity index (χ1) is 20.4. The zero-order valence-corrected chi connectivity index (χ0v) is 24.6. The van der Waals surface area contributed by atoms with E-state index < -0.39 is 12.4 Å². The van der Waals surface area contributed by atoms with E-state index >= 15 is 0 Å². The summed E-state index contributed by atoms with van der Waals surface area (Å²) >= 11 is 0. The highest BCUT2D eigenvalue weighted by molar-refractivity contribution is 5.67. The molecule has 6 nitrogen and oxygen atoms in total. The fourth-order valence-corrected chi connectivity index (χ4v) is 5.75. The van der Waals surface area contributed by atoms with Crippen LogP contribution in [0.4, 0.5) is 0 Å². The van der Waals surface area contributed by atoms with E-state index in [-0.39, 0.29) is 30.8 Å². The maximum atomic E-state index is 11.1. The van der Waals surface area contributed by atoms with Crippen molar-refractivity contribution in [2.24, 2.45) is 11.7 Å². The predicted molar refractivity (Wildman–Crippen MR) is 166 cm³/mol. The molecule has 1 heterocycles.